The van der Waals surface area contributed by atoms with E-state index in [0.717, 1.165) is 0 Å². The van der Waals surface area contributed by atoms with E-state index in [0.29, 0.717) is 0 Å². The molecule has 0 atom stereocenters. The van der Waals surface area contributed by atoms with Crippen molar-refractivity contribution < 1.29 is 22.7 Å². The summed E-state index contributed by atoms with van der Waals surface area (Å²) in [4.78, 5) is 30.7. The highest BCUT2D eigenvalue weighted by atomic mass is 19.4. The number of hydrogen-bond acceptors (Lipinski definition) is 5. The van der Waals surface area contributed by atoms with E-state index in [-0.39, 0.29) is 28.2 Å². The molecule has 1 amide bonds. The number of aromatic nitrogens is 4. The minimum Gasteiger partial charge on any atom is -0.405 e. The molecule has 0 aliphatic rings. The quantitative estimate of drug-likeness (QED) is 0.533. The topological polar surface area (TPSA) is 101 Å². The predicted molar refractivity (Wildman–Crippen MR) is 100 cm³/mol. The number of benzene rings is 1. The molecule has 152 valence electrons. The van der Waals surface area contributed by atoms with Gasteiger partial charge in [0.25, 0.3) is 5.91 Å². The first kappa shape index (κ1) is 19.2. The molecule has 11 heteroatoms. The minimum atomic E-state index is -4.87. The van der Waals surface area contributed by atoms with Crippen LogP contribution in [0.15, 0.2) is 65.8 Å². The average molecular weight is 415 g/mol. The molecule has 0 saturated carbocycles. The van der Waals surface area contributed by atoms with Crippen molar-refractivity contribution in [2.45, 2.75) is 6.36 Å². The summed E-state index contributed by atoms with van der Waals surface area (Å²) < 4.78 is 43.5. The van der Waals surface area contributed by atoms with Gasteiger partial charge >= 0.3 is 6.36 Å². The molecular weight excluding hydrogens is 403 g/mol. The van der Waals surface area contributed by atoms with E-state index in [9.17, 15) is 22.8 Å². The van der Waals surface area contributed by atoms with Crippen molar-refractivity contribution in [3.63, 3.8) is 0 Å². The molecular formula is C19H12F3N5O3. The third kappa shape index (κ3) is 3.99. The Balaban J connectivity index is 1.72. The molecule has 4 aromatic rings. The fourth-order valence-corrected chi connectivity index (χ4v) is 2.79. The summed E-state index contributed by atoms with van der Waals surface area (Å²) in [6.07, 6.45) is -0.754. The number of nitrogens with one attached hydrogen (secondary N) is 2. The number of halogens is 3. The van der Waals surface area contributed by atoms with Gasteiger partial charge in [0, 0.05) is 29.7 Å². The van der Waals surface area contributed by atoms with Crippen molar-refractivity contribution in [1.82, 2.24) is 19.6 Å². The first-order valence-electron chi connectivity index (χ1n) is 8.50. The summed E-state index contributed by atoms with van der Waals surface area (Å²) >= 11 is 0. The van der Waals surface area contributed by atoms with Crippen LogP contribution in [0.1, 0.15) is 10.4 Å². The molecule has 8 nitrogen and oxygen atoms in total. The number of aromatic amines is 1. The fourth-order valence-electron chi connectivity index (χ4n) is 2.79. The van der Waals surface area contributed by atoms with Crippen LogP contribution >= 0.6 is 0 Å². The second-order valence-electron chi connectivity index (χ2n) is 6.08. The van der Waals surface area contributed by atoms with E-state index in [1.165, 1.54) is 59.5 Å². The van der Waals surface area contributed by atoms with Crippen molar-refractivity contribution in [3.8, 4) is 17.0 Å². The van der Waals surface area contributed by atoms with E-state index >= 15 is 0 Å². The van der Waals surface area contributed by atoms with E-state index in [1.807, 2.05) is 0 Å². The molecule has 0 aliphatic heterocycles. The first-order valence-corrected chi connectivity index (χ1v) is 8.50. The first-order chi connectivity index (χ1) is 14.3. The van der Waals surface area contributed by atoms with E-state index in [4.69, 9.17) is 0 Å². The molecule has 0 aliphatic carbocycles. The number of ether oxygens (including phenoxy) is 1. The monoisotopic (exact) mass is 415 g/mol. The minimum absolute atomic E-state index is 0.0753. The zero-order chi connectivity index (χ0) is 21.3. The number of pyridine rings is 1. The number of amides is 1. The van der Waals surface area contributed by atoms with Crippen LogP contribution < -0.4 is 15.6 Å². The fraction of sp³-hybridized carbons (Fsp3) is 0.0526. The summed E-state index contributed by atoms with van der Waals surface area (Å²) in [5.41, 5.74) is 0.327. The van der Waals surface area contributed by atoms with Gasteiger partial charge in [-0.1, -0.05) is 12.1 Å². The van der Waals surface area contributed by atoms with Gasteiger partial charge in [-0.15, -0.1) is 13.2 Å². The maximum absolute atomic E-state index is 12.7. The van der Waals surface area contributed by atoms with Gasteiger partial charge in [-0.25, -0.2) is 9.50 Å². The van der Waals surface area contributed by atoms with Gasteiger partial charge in [0.15, 0.2) is 5.65 Å². The van der Waals surface area contributed by atoms with Gasteiger partial charge in [0.2, 0.25) is 5.56 Å². The van der Waals surface area contributed by atoms with Crippen LogP contribution in [0.4, 0.5) is 18.9 Å². The number of fused-ring (bicyclic) bond motifs is 1. The molecule has 0 unspecified atom stereocenters. The summed E-state index contributed by atoms with van der Waals surface area (Å²) in [5, 5.41) is 6.58. The molecule has 0 bridgehead atoms. The van der Waals surface area contributed by atoms with Crippen LogP contribution in [-0.2, 0) is 0 Å². The largest absolute Gasteiger partial charge is 0.573 e. The van der Waals surface area contributed by atoms with Crippen molar-refractivity contribution >= 4 is 17.2 Å². The Hall–Kier alpha value is -4.15. The highest BCUT2D eigenvalue weighted by molar-refractivity contribution is 6.08. The van der Waals surface area contributed by atoms with E-state index < -0.39 is 23.6 Å². The number of alkyl halides is 3. The average Bonchev–Trinajstić information content (AvgIpc) is 3.10. The highest BCUT2D eigenvalue weighted by Gasteiger charge is 2.32. The smallest absolute Gasteiger partial charge is 0.405 e. The van der Waals surface area contributed by atoms with Crippen molar-refractivity contribution in [3.05, 3.63) is 77.0 Å². The number of H-pyrrole nitrogens is 1. The van der Waals surface area contributed by atoms with Crippen LogP contribution in [-0.4, -0.2) is 31.9 Å². The molecule has 3 aromatic heterocycles. The van der Waals surface area contributed by atoms with Crippen LogP contribution in [0, 0.1) is 0 Å². The number of anilines is 1. The van der Waals surface area contributed by atoms with Gasteiger partial charge in [-0.05, 0) is 24.3 Å². The summed E-state index contributed by atoms with van der Waals surface area (Å²) in [6.45, 7) is 0. The lowest BCUT2D eigenvalue weighted by atomic mass is 10.1. The Kier molecular flexibility index (Phi) is 4.70. The number of rotatable bonds is 4. The molecule has 0 radical (unpaired) electrons. The number of nitrogens with zero attached hydrogens (tertiary/aromatic N) is 3. The third-order valence-electron chi connectivity index (χ3n) is 4.04. The molecule has 0 spiro atoms. The molecule has 2 N–H and O–H groups in total. The lowest BCUT2D eigenvalue weighted by Crippen LogP contribution is -2.17. The normalized spacial score (nSPS) is 11.4. The van der Waals surface area contributed by atoms with Crippen LogP contribution in [0.25, 0.3) is 16.9 Å². The summed E-state index contributed by atoms with van der Waals surface area (Å²) in [6, 6.07) is 9.69. The zero-order valence-corrected chi connectivity index (χ0v) is 15.0. The lowest BCUT2D eigenvalue weighted by Gasteiger charge is -2.13. The standard InChI is InChI=1S/C19H12F3N5O3/c20-19(21,22)30-15-4-2-1-3-12(15)14-6-8-27-17(26-14)13(10-24-27)18(29)25-11-5-7-23-16(28)9-11/h1-10H,(H2,23,25,28,29). The van der Waals surface area contributed by atoms with Crippen molar-refractivity contribution in [1.29, 1.82) is 0 Å². The maximum atomic E-state index is 12.7. The van der Waals surface area contributed by atoms with Crippen molar-refractivity contribution in [2.75, 3.05) is 5.32 Å². The zero-order valence-electron chi connectivity index (χ0n) is 15.0. The molecule has 30 heavy (non-hydrogen) atoms. The molecule has 3 heterocycles. The second-order valence-corrected chi connectivity index (χ2v) is 6.08. The molecule has 4 rings (SSSR count). The summed E-state index contributed by atoms with van der Waals surface area (Å²) in [5.74, 6) is -1.00. The van der Waals surface area contributed by atoms with Gasteiger partial charge in [0.05, 0.1) is 11.9 Å². The Morgan fingerprint density at radius 1 is 1.17 bits per heavy atom. The molecule has 0 fully saturated rings. The Morgan fingerprint density at radius 3 is 2.73 bits per heavy atom. The third-order valence-corrected chi connectivity index (χ3v) is 4.04. The molecule has 1 aromatic carbocycles. The highest BCUT2D eigenvalue weighted by Crippen LogP contribution is 2.33. The number of carbonyl (C=O) groups excluding carboxylic acids is 1. The van der Waals surface area contributed by atoms with Gasteiger partial charge < -0.3 is 15.0 Å². The predicted octanol–water partition coefficient (Wildman–Crippen LogP) is 3.24. The van der Waals surface area contributed by atoms with Gasteiger partial charge in [0.1, 0.15) is 11.3 Å². The SMILES string of the molecule is O=C(Nc1cc[nH]c(=O)c1)c1cnn2ccc(-c3ccccc3OC(F)(F)F)nc12. The van der Waals surface area contributed by atoms with E-state index in [1.54, 1.807) is 6.07 Å². The Morgan fingerprint density at radius 2 is 1.97 bits per heavy atom. The lowest BCUT2D eigenvalue weighted by molar-refractivity contribution is -0.274. The summed E-state index contributed by atoms with van der Waals surface area (Å²) in [7, 11) is 0. The van der Waals surface area contributed by atoms with Gasteiger partial charge in [-0.3, -0.25) is 9.59 Å². The number of carbonyl (C=O) groups is 1. The second kappa shape index (κ2) is 7.35. The van der Waals surface area contributed by atoms with Crippen LogP contribution in [0.2, 0.25) is 0 Å². The van der Waals surface area contributed by atoms with Crippen LogP contribution in [0.3, 0.4) is 0 Å². The van der Waals surface area contributed by atoms with Gasteiger partial charge in [-0.2, -0.15) is 5.10 Å². The van der Waals surface area contributed by atoms with E-state index in [2.05, 4.69) is 25.1 Å². The Labute approximate surface area is 166 Å². The Bertz CT molecular complexity index is 1300. The number of para-hydroxylation sites is 1. The number of hydrogen-bond donors (Lipinski definition) is 2. The van der Waals surface area contributed by atoms with Crippen LogP contribution in [0.5, 0.6) is 5.75 Å². The molecule has 0 saturated heterocycles. The maximum Gasteiger partial charge on any atom is 0.573 e. The van der Waals surface area contributed by atoms with Crippen molar-refractivity contribution in [2.24, 2.45) is 0 Å².